The third-order valence-corrected chi connectivity index (χ3v) is 5.50. The lowest BCUT2D eigenvalue weighted by Gasteiger charge is -2.26. The molecule has 2 heterocycles. The SMILES string of the molecule is COc1cc(/C=C/c2nc3c(C(=O)O)cccc3[nH]2)ccc1OCCN1CCCCC1. The van der Waals surface area contributed by atoms with Gasteiger partial charge in [0.1, 0.15) is 17.9 Å². The van der Waals surface area contributed by atoms with E-state index in [1.807, 2.05) is 36.4 Å². The van der Waals surface area contributed by atoms with E-state index >= 15 is 0 Å². The lowest BCUT2D eigenvalue weighted by molar-refractivity contribution is 0.0699. The van der Waals surface area contributed by atoms with E-state index in [1.54, 1.807) is 19.2 Å². The Morgan fingerprint density at radius 1 is 1.16 bits per heavy atom. The van der Waals surface area contributed by atoms with Crippen molar-refractivity contribution in [2.45, 2.75) is 19.3 Å². The van der Waals surface area contributed by atoms with Crippen LogP contribution in [0.25, 0.3) is 23.2 Å². The quantitative estimate of drug-likeness (QED) is 0.564. The fraction of sp³-hybridized carbons (Fsp3) is 0.333. The molecule has 7 nitrogen and oxygen atoms in total. The summed E-state index contributed by atoms with van der Waals surface area (Å²) in [4.78, 5) is 21.4. The molecule has 4 rings (SSSR count). The first kappa shape index (κ1) is 20.9. The van der Waals surface area contributed by atoms with Gasteiger partial charge in [0, 0.05) is 6.54 Å². The molecule has 0 amide bonds. The van der Waals surface area contributed by atoms with Gasteiger partial charge in [-0.2, -0.15) is 0 Å². The molecule has 2 aromatic carbocycles. The number of nitrogens with zero attached hydrogens (tertiary/aromatic N) is 2. The second-order valence-electron chi connectivity index (χ2n) is 7.62. The number of rotatable bonds is 8. The van der Waals surface area contributed by atoms with Gasteiger partial charge in [0.25, 0.3) is 0 Å². The molecule has 0 saturated carbocycles. The molecule has 0 atom stereocenters. The summed E-state index contributed by atoms with van der Waals surface area (Å²) < 4.78 is 11.5. The Labute approximate surface area is 181 Å². The smallest absolute Gasteiger partial charge is 0.337 e. The molecule has 0 spiro atoms. The topological polar surface area (TPSA) is 87.7 Å². The van der Waals surface area contributed by atoms with Gasteiger partial charge in [0.15, 0.2) is 11.5 Å². The highest BCUT2D eigenvalue weighted by Gasteiger charge is 2.12. The van der Waals surface area contributed by atoms with E-state index in [4.69, 9.17) is 9.47 Å². The van der Waals surface area contributed by atoms with E-state index in [2.05, 4.69) is 14.9 Å². The molecule has 3 aromatic rings. The highest BCUT2D eigenvalue weighted by Crippen LogP contribution is 2.29. The number of hydrogen-bond acceptors (Lipinski definition) is 5. The van der Waals surface area contributed by atoms with E-state index in [-0.39, 0.29) is 5.56 Å². The molecule has 0 aliphatic carbocycles. The van der Waals surface area contributed by atoms with Crippen LogP contribution in [0.15, 0.2) is 36.4 Å². The molecule has 1 fully saturated rings. The number of carbonyl (C=O) groups is 1. The Kier molecular flexibility index (Phi) is 6.52. The summed E-state index contributed by atoms with van der Waals surface area (Å²) in [5, 5.41) is 9.32. The average molecular weight is 421 g/mol. The summed E-state index contributed by atoms with van der Waals surface area (Å²) in [6.45, 7) is 3.87. The number of likely N-dealkylation sites (tertiary alicyclic amines) is 1. The number of benzene rings is 2. The molecule has 1 aromatic heterocycles. The number of hydrogen-bond donors (Lipinski definition) is 2. The first-order valence-electron chi connectivity index (χ1n) is 10.6. The highest BCUT2D eigenvalue weighted by atomic mass is 16.5. The first-order chi connectivity index (χ1) is 15.1. The van der Waals surface area contributed by atoms with E-state index in [9.17, 15) is 9.90 Å². The number of imidazole rings is 1. The number of carboxylic acid groups (broad SMARTS) is 1. The van der Waals surface area contributed by atoms with Crippen molar-refractivity contribution in [3.8, 4) is 11.5 Å². The maximum Gasteiger partial charge on any atom is 0.337 e. The molecule has 0 bridgehead atoms. The lowest BCUT2D eigenvalue weighted by atomic mass is 10.1. The molecule has 0 radical (unpaired) electrons. The van der Waals surface area contributed by atoms with E-state index in [0.29, 0.717) is 29.2 Å². The van der Waals surface area contributed by atoms with Crippen molar-refractivity contribution in [2.24, 2.45) is 0 Å². The number of piperidine rings is 1. The van der Waals surface area contributed by atoms with Crippen LogP contribution < -0.4 is 9.47 Å². The minimum atomic E-state index is -0.992. The fourth-order valence-electron chi connectivity index (χ4n) is 3.85. The van der Waals surface area contributed by atoms with Gasteiger partial charge >= 0.3 is 5.97 Å². The minimum absolute atomic E-state index is 0.182. The van der Waals surface area contributed by atoms with Crippen molar-refractivity contribution in [2.75, 3.05) is 33.4 Å². The lowest BCUT2D eigenvalue weighted by Crippen LogP contribution is -2.33. The summed E-state index contributed by atoms with van der Waals surface area (Å²) in [5.74, 6) is 1.00. The van der Waals surface area contributed by atoms with Crippen molar-refractivity contribution in [1.82, 2.24) is 14.9 Å². The molecule has 2 N–H and O–H groups in total. The van der Waals surface area contributed by atoms with Crippen molar-refractivity contribution in [1.29, 1.82) is 0 Å². The van der Waals surface area contributed by atoms with Crippen LogP contribution in [-0.2, 0) is 0 Å². The Hall–Kier alpha value is -3.32. The molecule has 7 heteroatoms. The highest BCUT2D eigenvalue weighted by molar-refractivity contribution is 6.01. The number of aromatic nitrogens is 2. The number of aromatic amines is 1. The molecule has 31 heavy (non-hydrogen) atoms. The molecule has 1 saturated heterocycles. The van der Waals surface area contributed by atoms with Crippen LogP contribution in [0.5, 0.6) is 11.5 Å². The van der Waals surface area contributed by atoms with Crippen LogP contribution in [0, 0.1) is 0 Å². The maximum atomic E-state index is 11.4. The zero-order valence-corrected chi connectivity index (χ0v) is 17.6. The van der Waals surface area contributed by atoms with Crippen molar-refractivity contribution < 1.29 is 19.4 Å². The Bertz CT molecular complexity index is 1080. The fourth-order valence-corrected chi connectivity index (χ4v) is 3.85. The molecular formula is C24H27N3O4. The number of aromatic carboxylic acids is 1. The van der Waals surface area contributed by atoms with Gasteiger partial charge in [-0.25, -0.2) is 9.78 Å². The summed E-state index contributed by atoms with van der Waals surface area (Å²) in [5.41, 5.74) is 2.25. The molecule has 0 unspecified atom stereocenters. The van der Waals surface area contributed by atoms with Gasteiger partial charge in [0.05, 0.1) is 18.2 Å². The summed E-state index contributed by atoms with van der Waals surface area (Å²) in [7, 11) is 1.63. The number of methoxy groups -OCH3 is 1. The number of H-pyrrole nitrogens is 1. The van der Waals surface area contributed by atoms with Gasteiger partial charge in [0.2, 0.25) is 0 Å². The van der Waals surface area contributed by atoms with Crippen molar-refractivity contribution in [3.63, 3.8) is 0 Å². The Balaban J connectivity index is 1.43. The Morgan fingerprint density at radius 3 is 2.77 bits per heavy atom. The summed E-state index contributed by atoms with van der Waals surface area (Å²) in [6, 6.07) is 10.8. The Morgan fingerprint density at radius 2 is 2.00 bits per heavy atom. The van der Waals surface area contributed by atoms with E-state index < -0.39 is 5.97 Å². The van der Waals surface area contributed by atoms with Crippen LogP contribution in [-0.4, -0.2) is 59.3 Å². The van der Waals surface area contributed by atoms with Crippen molar-refractivity contribution in [3.05, 3.63) is 53.3 Å². The number of ether oxygens (including phenoxy) is 2. The predicted molar refractivity (Wildman–Crippen MR) is 121 cm³/mol. The number of fused-ring (bicyclic) bond motifs is 1. The van der Waals surface area contributed by atoms with Crippen LogP contribution in [0.4, 0.5) is 0 Å². The second kappa shape index (κ2) is 9.66. The van der Waals surface area contributed by atoms with Crippen LogP contribution in [0.2, 0.25) is 0 Å². The number of nitrogens with one attached hydrogen (secondary N) is 1. The molecule has 1 aliphatic rings. The summed E-state index contributed by atoms with van der Waals surface area (Å²) in [6.07, 6.45) is 7.59. The standard InChI is InChI=1S/C24H27N3O4/c1-30-21-16-17(8-10-20(21)31-15-14-27-12-3-2-4-13-27)9-11-22-25-19-7-5-6-18(24(28)29)23(19)26-22/h5-11,16H,2-4,12-15H2,1H3,(H,25,26)(H,28,29)/b11-9+. The van der Waals surface area contributed by atoms with E-state index in [1.165, 1.54) is 19.3 Å². The van der Waals surface area contributed by atoms with Crippen LogP contribution in [0.1, 0.15) is 41.0 Å². The zero-order chi connectivity index (χ0) is 21.6. The third kappa shape index (κ3) is 5.06. The van der Waals surface area contributed by atoms with Gasteiger partial charge in [-0.3, -0.25) is 4.90 Å². The first-order valence-corrected chi connectivity index (χ1v) is 10.6. The second-order valence-corrected chi connectivity index (χ2v) is 7.62. The molecular weight excluding hydrogens is 394 g/mol. The number of para-hydroxylation sites is 1. The van der Waals surface area contributed by atoms with Gasteiger partial charge < -0.3 is 19.6 Å². The molecule has 162 valence electrons. The van der Waals surface area contributed by atoms with Crippen LogP contribution in [0.3, 0.4) is 0 Å². The zero-order valence-electron chi connectivity index (χ0n) is 17.6. The van der Waals surface area contributed by atoms with Gasteiger partial charge in [-0.15, -0.1) is 0 Å². The van der Waals surface area contributed by atoms with Gasteiger partial charge in [-0.1, -0.05) is 24.6 Å². The van der Waals surface area contributed by atoms with Crippen molar-refractivity contribution >= 4 is 29.2 Å². The van der Waals surface area contributed by atoms with Gasteiger partial charge in [-0.05, 0) is 61.8 Å². The largest absolute Gasteiger partial charge is 0.493 e. The maximum absolute atomic E-state index is 11.4. The normalized spacial score (nSPS) is 14.9. The monoisotopic (exact) mass is 421 g/mol. The third-order valence-electron chi connectivity index (χ3n) is 5.50. The molecule has 1 aliphatic heterocycles. The minimum Gasteiger partial charge on any atom is -0.493 e. The van der Waals surface area contributed by atoms with Crippen LogP contribution >= 0.6 is 0 Å². The predicted octanol–water partition coefficient (Wildman–Crippen LogP) is 4.30. The average Bonchev–Trinajstić information content (AvgIpc) is 3.22. The van der Waals surface area contributed by atoms with E-state index in [0.717, 1.165) is 30.9 Å². The number of carboxylic acids is 1. The summed E-state index contributed by atoms with van der Waals surface area (Å²) >= 11 is 0.